The summed E-state index contributed by atoms with van der Waals surface area (Å²) in [6, 6.07) is 20.6. The van der Waals surface area contributed by atoms with Crippen LogP contribution >= 0.6 is 11.6 Å². The fourth-order valence-corrected chi connectivity index (χ4v) is 3.17. The van der Waals surface area contributed by atoms with Crippen molar-refractivity contribution in [3.05, 3.63) is 99.1 Å². The molecule has 0 fully saturated rings. The fourth-order valence-electron chi connectivity index (χ4n) is 3.04. The van der Waals surface area contributed by atoms with Crippen LogP contribution in [-0.4, -0.2) is 17.1 Å². The van der Waals surface area contributed by atoms with E-state index in [1.165, 1.54) is 12.1 Å². The predicted octanol–water partition coefficient (Wildman–Crippen LogP) is 5.53. The van der Waals surface area contributed by atoms with E-state index in [0.717, 1.165) is 22.6 Å². The van der Waals surface area contributed by atoms with E-state index in [-0.39, 0.29) is 11.7 Å². The van der Waals surface area contributed by atoms with Crippen LogP contribution in [0, 0.1) is 10.1 Å². The number of hydrogen-bond donors (Lipinski definition) is 2. The van der Waals surface area contributed by atoms with Gasteiger partial charge < -0.3 is 15.2 Å². The molecule has 2 atom stereocenters. The maximum absolute atomic E-state index is 10.9. The molecule has 2 unspecified atom stereocenters. The minimum Gasteiger partial charge on any atom is -0.497 e. The molecule has 0 aliphatic rings. The Kier molecular flexibility index (Phi) is 6.69. The molecule has 6 nitrogen and oxygen atoms in total. The quantitative estimate of drug-likeness (QED) is 0.375. The van der Waals surface area contributed by atoms with Gasteiger partial charge in [0.05, 0.1) is 24.2 Å². The van der Waals surface area contributed by atoms with Gasteiger partial charge in [-0.1, -0.05) is 35.9 Å². The van der Waals surface area contributed by atoms with Crippen molar-refractivity contribution < 1.29 is 14.8 Å². The molecular formula is C22H21ClN2O4. The number of benzene rings is 3. The number of rotatable bonds is 8. The van der Waals surface area contributed by atoms with E-state index in [0.29, 0.717) is 11.4 Å². The Balaban J connectivity index is 1.82. The topological polar surface area (TPSA) is 84.6 Å². The van der Waals surface area contributed by atoms with E-state index in [9.17, 15) is 15.2 Å². The molecule has 0 radical (unpaired) electrons. The third-order valence-electron chi connectivity index (χ3n) is 4.65. The number of nitrogens with one attached hydrogen (secondary N) is 1. The van der Waals surface area contributed by atoms with Crippen LogP contribution in [0.4, 0.5) is 11.4 Å². The summed E-state index contributed by atoms with van der Waals surface area (Å²) < 4.78 is 5.16. The van der Waals surface area contributed by atoms with Crippen molar-refractivity contribution in [2.24, 2.45) is 0 Å². The van der Waals surface area contributed by atoms with Gasteiger partial charge in [-0.15, -0.1) is 0 Å². The average molecular weight is 413 g/mol. The maximum atomic E-state index is 10.9. The van der Waals surface area contributed by atoms with Crippen molar-refractivity contribution in [3.63, 3.8) is 0 Å². The molecule has 0 bridgehead atoms. The number of halogens is 1. The highest BCUT2D eigenvalue weighted by atomic mass is 35.5. The Bertz CT molecular complexity index is 944. The molecule has 3 aromatic rings. The number of hydrogen-bond acceptors (Lipinski definition) is 5. The Morgan fingerprint density at radius 2 is 1.59 bits per heavy atom. The van der Waals surface area contributed by atoms with Gasteiger partial charge in [0.2, 0.25) is 0 Å². The van der Waals surface area contributed by atoms with Crippen LogP contribution < -0.4 is 10.1 Å². The number of ether oxygens (including phenoxy) is 1. The summed E-state index contributed by atoms with van der Waals surface area (Å²) in [7, 11) is 1.59. The molecule has 3 aromatic carbocycles. The second-order valence-corrected chi connectivity index (χ2v) is 7.01. The molecule has 0 aromatic heterocycles. The number of nitro benzene ring substituents is 1. The first-order valence-electron chi connectivity index (χ1n) is 9.04. The molecule has 150 valence electrons. The molecule has 3 rings (SSSR count). The monoisotopic (exact) mass is 412 g/mol. The SMILES string of the molecule is COc1ccc(C(O)CC(Nc2ccc([N+](=O)[O-])cc2)c2ccc(Cl)cc2)cc1. The summed E-state index contributed by atoms with van der Waals surface area (Å²) in [5.74, 6) is 0.721. The van der Waals surface area contributed by atoms with E-state index in [1.807, 2.05) is 24.3 Å². The molecule has 0 heterocycles. The summed E-state index contributed by atoms with van der Waals surface area (Å²) in [5.41, 5.74) is 2.46. The molecule has 0 amide bonds. The molecule has 7 heteroatoms. The van der Waals surface area contributed by atoms with Gasteiger partial charge in [-0.3, -0.25) is 10.1 Å². The van der Waals surface area contributed by atoms with Gasteiger partial charge in [0, 0.05) is 29.3 Å². The molecule has 0 aliphatic heterocycles. The number of nitrogens with zero attached hydrogens (tertiary/aromatic N) is 1. The lowest BCUT2D eigenvalue weighted by molar-refractivity contribution is -0.384. The summed E-state index contributed by atoms with van der Waals surface area (Å²) in [4.78, 5) is 10.4. The third-order valence-corrected chi connectivity index (χ3v) is 4.90. The first kappa shape index (κ1) is 20.6. The molecule has 0 aliphatic carbocycles. The van der Waals surface area contributed by atoms with Crippen LogP contribution in [0.2, 0.25) is 5.02 Å². The molecule has 0 saturated heterocycles. The Hall–Kier alpha value is -3.09. The van der Waals surface area contributed by atoms with Crippen molar-refractivity contribution in [2.45, 2.75) is 18.6 Å². The minimum atomic E-state index is -0.716. The maximum Gasteiger partial charge on any atom is 0.269 e. The summed E-state index contributed by atoms with van der Waals surface area (Å²) >= 11 is 6.01. The summed E-state index contributed by atoms with van der Waals surface area (Å²) in [5, 5.41) is 25.6. The average Bonchev–Trinajstić information content (AvgIpc) is 2.74. The van der Waals surface area contributed by atoms with E-state index < -0.39 is 11.0 Å². The van der Waals surface area contributed by atoms with Gasteiger partial charge in [-0.2, -0.15) is 0 Å². The van der Waals surface area contributed by atoms with Crippen molar-refractivity contribution in [2.75, 3.05) is 12.4 Å². The number of aliphatic hydroxyl groups is 1. The van der Waals surface area contributed by atoms with Crippen molar-refractivity contribution in [3.8, 4) is 5.75 Å². The number of nitro groups is 1. The highest BCUT2D eigenvalue weighted by Gasteiger charge is 2.19. The van der Waals surface area contributed by atoms with E-state index in [2.05, 4.69) is 5.32 Å². The number of anilines is 1. The number of methoxy groups -OCH3 is 1. The Labute approximate surface area is 173 Å². The third kappa shape index (κ3) is 5.47. The largest absolute Gasteiger partial charge is 0.497 e. The zero-order chi connectivity index (χ0) is 20.8. The normalized spacial score (nSPS) is 12.8. The van der Waals surface area contributed by atoms with Gasteiger partial charge in [-0.05, 0) is 47.5 Å². The first-order chi connectivity index (χ1) is 14.0. The molecular weight excluding hydrogens is 392 g/mol. The van der Waals surface area contributed by atoms with Crippen LogP contribution in [0.25, 0.3) is 0 Å². The van der Waals surface area contributed by atoms with E-state index in [1.54, 1.807) is 43.5 Å². The second-order valence-electron chi connectivity index (χ2n) is 6.58. The molecule has 2 N–H and O–H groups in total. The van der Waals surface area contributed by atoms with Gasteiger partial charge in [-0.25, -0.2) is 0 Å². The minimum absolute atomic E-state index is 0.0249. The van der Waals surface area contributed by atoms with E-state index >= 15 is 0 Å². The van der Waals surface area contributed by atoms with Gasteiger partial charge in [0.1, 0.15) is 5.75 Å². The Morgan fingerprint density at radius 3 is 2.14 bits per heavy atom. The van der Waals surface area contributed by atoms with Crippen molar-refractivity contribution in [1.82, 2.24) is 0 Å². The number of aliphatic hydroxyl groups excluding tert-OH is 1. The lowest BCUT2D eigenvalue weighted by Crippen LogP contribution is -2.15. The second kappa shape index (κ2) is 9.41. The van der Waals surface area contributed by atoms with Gasteiger partial charge >= 0.3 is 0 Å². The smallest absolute Gasteiger partial charge is 0.269 e. The molecule has 0 spiro atoms. The fraction of sp³-hybridized carbons (Fsp3) is 0.182. The summed E-state index contributed by atoms with van der Waals surface area (Å²) in [6.07, 6.45) is -0.322. The number of non-ortho nitro benzene ring substituents is 1. The first-order valence-corrected chi connectivity index (χ1v) is 9.42. The van der Waals surface area contributed by atoms with Crippen molar-refractivity contribution in [1.29, 1.82) is 0 Å². The molecule has 29 heavy (non-hydrogen) atoms. The Morgan fingerprint density at radius 1 is 1.00 bits per heavy atom. The highest BCUT2D eigenvalue weighted by Crippen LogP contribution is 2.31. The van der Waals surface area contributed by atoms with Crippen molar-refractivity contribution >= 4 is 23.0 Å². The standard InChI is InChI=1S/C22H21ClN2O4/c1-29-20-12-4-16(5-13-20)22(26)14-21(15-2-6-17(23)7-3-15)24-18-8-10-19(11-9-18)25(27)28/h2-13,21-22,24,26H,14H2,1H3. The molecule has 0 saturated carbocycles. The van der Waals surface area contributed by atoms with Crippen LogP contribution in [0.3, 0.4) is 0 Å². The lowest BCUT2D eigenvalue weighted by atomic mass is 9.96. The predicted molar refractivity (Wildman–Crippen MR) is 113 cm³/mol. The van der Waals surface area contributed by atoms with Gasteiger partial charge in [0.15, 0.2) is 0 Å². The van der Waals surface area contributed by atoms with Crippen LogP contribution in [0.1, 0.15) is 29.7 Å². The zero-order valence-corrected chi connectivity index (χ0v) is 16.5. The van der Waals surface area contributed by atoms with E-state index in [4.69, 9.17) is 16.3 Å². The van der Waals surface area contributed by atoms with Crippen LogP contribution in [-0.2, 0) is 0 Å². The van der Waals surface area contributed by atoms with Crippen LogP contribution in [0.5, 0.6) is 5.75 Å². The lowest BCUT2D eigenvalue weighted by Gasteiger charge is -2.24. The summed E-state index contributed by atoms with van der Waals surface area (Å²) in [6.45, 7) is 0. The zero-order valence-electron chi connectivity index (χ0n) is 15.8. The van der Waals surface area contributed by atoms with Gasteiger partial charge in [0.25, 0.3) is 5.69 Å². The highest BCUT2D eigenvalue weighted by molar-refractivity contribution is 6.30. The van der Waals surface area contributed by atoms with Crippen LogP contribution in [0.15, 0.2) is 72.8 Å².